The third-order valence-electron chi connectivity index (χ3n) is 5.39. The monoisotopic (exact) mass is 386 g/mol. The second-order valence-corrected chi connectivity index (χ2v) is 7.46. The molecule has 0 bridgehead atoms. The van der Waals surface area contributed by atoms with Gasteiger partial charge in [0.1, 0.15) is 5.75 Å². The van der Waals surface area contributed by atoms with E-state index in [0.717, 1.165) is 31.7 Å². The van der Waals surface area contributed by atoms with Gasteiger partial charge < -0.3 is 14.5 Å². The Labute approximate surface area is 166 Å². The van der Waals surface area contributed by atoms with Crippen LogP contribution in [0.5, 0.6) is 5.75 Å². The zero-order chi connectivity index (χ0) is 19.4. The maximum absolute atomic E-state index is 12.6. The minimum absolute atomic E-state index is 0.211. The summed E-state index contributed by atoms with van der Waals surface area (Å²) in [5.41, 5.74) is 4.98. The van der Waals surface area contributed by atoms with Gasteiger partial charge >= 0.3 is 0 Å². The Morgan fingerprint density at radius 1 is 1.11 bits per heavy atom. The number of carbonyl (C=O) groups is 1. The van der Waals surface area contributed by atoms with E-state index in [9.17, 15) is 4.79 Å². The fourth-order valence-corrected chi connectivity index (χ4v) is 3.83. The zero-order valence-electron chi connectivity index (χ0n) is 16.3. The van der Waals surface area contributed by atoms with Crippen molar-refractivity contribution in [3.63, 3.8) is 0 Å². The Morgan fingerprint density at radius 2 is 1.85 bits per heavy atom. The Morgan fingerprint density at radius 3 is 2.52 bits per heavy atom. The van der Waals surface area contributed by atoms with Crippen molar-refractivity contribution in [3.8, 4) is 5.75 Å². The van der Waals surface area contributed by atoms with Crippen LogP contribution in [0, 0.1) is 13.8 Å². The molecule has 0 radical (unpaired) electrons. The Balaban J connectivity index is 1.53. The van der Waals surface area contributed by atoms with E-state index in [4.69, 9.17) is 16.3 Å². The maximum atomic E-state index is 12.6. The summed E-state index contributed by atoms with van der Waals surface area (Å²) in [5.74, 6) is 0.872. The molecule has 1 aliphatic rings. The SMILES string of the molecule is COc1ccc(CCC(=O)N2CCN(c3cccc(C)c3C)CC2)cc1Cl. The highest BCUT2D eigenvalue weighted by Crippen LogP contribution is 2.26. The molecule has 0 unspecified atom stereocenters. The molecule has 0 aromatic heterocycles. The summed E-state index contributed by atoms with van der Waals surface area (Å²) in [6.45, 7) is 7.62. The van der Waals surface area contributed by atoms with Crippen LogP contribution in [0.15, 0.2) is 36.4 Å². The summed E-state index contributed by atoms with van der Waals surface area (Å²) in [4.78, 5) is 17.0. The predicted octanol–water partition coefficient (Wildman–Crippen LogP) is 4.25. The van der Waals surface area contributed by atoms with Crippen LogP contribution >= 0.6 is 11.6 Å². The third-order valence-corrected chi connectivity index (χ3v) is 5.69. The average molecular weight is 387 g/mol. The number of aryl methyl sites for hydroxylation is 2. The van der Waals surface area contributed by atoms with E-state index in [2.05, 4.69) is 36.9 Å². The van der Waals surface area contributed by atoms with Gasteiger partial charge in [0.25, 0.3) is 0 Å². The van der Waals surface area contributed by atoms with E-state index in [1.165, 1.54) is 16.8 Å². The molecule has 0 spiro atoms. The number of rotatable bonds is 5. The molecule has 2 aromatic rings. The summed E-state index contributed by atoms with van der Waals surface area (Å²) >= 11 is 6.17. The van der Waals surface area contributed by atoms with Gasteiger partial charge in [-0.2, -0.15) is 0 Å². The van der Waals surface area contributed by atoms with E-state index < -0.39 is 0 Å². The Kier molecular flexibility index (Phi) is 6.27. The quantitative estimate of drug-likeness (QED) is 0.770. The van der Waals surface area contributed by atoms with Gasteiger partial charge in [-0.3, -0.25) is 4.79 Å². The van der Waals surface area contributed by atoms with Gasteiger partial charge in [0, 0.05) is 38.3 Å². The standard InChI is InChI=1S/C22H27ClN2O2/c1-16-5-4-6-20(17(16)2)24-11-13-25(14-12-24)22(26)10-8-18-7-9-21(27-3)19(23)15-18/h4-7,9,15H,8,10-14H2,1-3H3. The Hall–Kier alpha value is -2.20. The summed E-state index contributed by atoms with van der Waals surface area (Å²) < 4.78 is 5.17. The molecule has 3 rings (SSSR count). The number of nitrogens with zero attached hydrogens (tertiary/aromatic N) is 2. The number of hydrogen-bond acceptors (Lipinski definition) is 3. The lowest BCUT2D eigenvalue weighted by Crippen LogP contribution is -2.49. The molecular weight excluding hydrogens is 360 g/mol. The lowest BCUT2D eigenvalue weighted by Gasteiger charge is -2.37. The van der Waals surface area contributed by atoms with Crippen molar-refractivity contribution in [1.29, 1.82) is 0 Å². The number of piperazine rings is 1. The van der Waals surface area contributed by atoms with Crippen LogP contribution in [0.3, 0.4) is 0 Å². The molecule has 0 saturated carbocycles. The first-order valence-electron chi connectivity index (χ1n) is 9.41. The maximum Gasteiger partial charge on any atom is 0.223 e. The van der Waals surface area contributed by atoms with Gasteiger partial charge in [-0.25, -0.2) is 0 Å². The molecule has 2 aromatic carbocycles. The summed E-state index contributed by atoms with van der Waals surface area (Å²) in [6.07, 6.45) is 1.20. The van der Waals surface area contributed by atoms with E-state index >= 15 is 0 Å². The second-order valence-electron chi connectivity index (χ2n) is 7.06. The number of amides is 1. The van der Waals surface area contributed by atoms with Crippen molar-refractivity contribution >= 4 is 23.2 Å². The number of carbonyl (C=O) groups excluding carboxylic acids is 1. The molecule has 1 fully saturated rings. The number of methoxy groups -OCH3 is 1. The molecule has 0 atom stereocenters. The van der Waals surface area contributed by atoms with Gasteiger partial charge in [-0.05, 0) is 55.2 Å². The normalized spacial score (nSPS) is 14.4. The van der Waals surface area contributed by atoms with Crippen LogP contribution in [0.1, 0.15) is 23.1 Å². The molecule has 27 heavy (non-hydrogen) atoms. The smallest absolute Gasteiger partial charge is 0.223 e. The first-order chi connectivity index (χ1) is 13.0. The average Bonchev–Trinajstić information content (AvgIpc) is 2.68. The van der Waals surface area contributed by atoms with Gasteiger partial charge in [0.05, 0.1) is 12.1 Å². The molecule has 144 valence electrons. The van der Waals surface area contributed by atoms with Crippen LogP contribution in [-0.2, 0) is 11.2 Å². The van der Waals surface area contributed by atoms with Crippen LogP contribution in [0.25, 0.3) is 0 Å². The predicted molar refractivity (Wildman–Crippen MR) is 111 cm³/mol. The van der Waals surface area contributed by atoms with Gasteiger partial charge in [-0.15, -0.1) is 0 Å². The van der Waals surface area contributed by atoms with Crippen LogP contribution in [-0.4, -0.2) is 44.1 Å². The van der Waals surface area contributed by atoms with Gasteiger partial charge in [0.2, 0.25) is 5.91 Å². The molecule has 1 amide bonds. The van der Waals surface area contributed by atoms with Gasteiger partial charge in [-0.1, -0.05) is 29.8 Å². The highest BCUT2D eigenvalue weighted by molar-refractivity contribution is 6.32. The summed E-state index contributed by atoms with van der Waals surface area (Å²) in [5, 5.41) is 0.588. The van der Waals surface area contributed by atoms with Crippen molar-refractivity contribution in [2.45, 2.75) is 26.7 Å². The second kappa shape index (κ2) is 8.66. The molecule has 1 aliphatic heterocycles. The van der Waals surface area contributed by atoms with Gasteiger partial charge in [0.15, 0.2) is 0 Å². The molecule has 0 N–H and O–H groups in total. The summed E-state index contributed by atoms with van der Waals surface area (Å²) in [7, 11) is 1.60. The first kappa shape index (κ1) is 19.6. The number of ether oxygens (including phenoxy) is 1. The van der Waals surface area contributed by atoms with Crippen molar-refractivity contribution < 1.29 is 9.53 Å². The van der Waals surface area contributed by atoms with E-state index in [1.807, 2.05) is 23.1 Å². The number of anilines is 1. The van der Waals surface area contributed by atoms with Crippen molar-refractivity contribution in [2.24, 2.45) is 0 Å². The minimum Gasteiger partial charge on any atom is -0.495 e. The molecule has 5 heteroatoms. The number of hydrogen-bond donors (Lipinski definition) is 0. The molecule has 1 saturated heterocycles. The van der Waals surface area contributed by atoms with Crippen molar-refractivity contribution in [3.05, 3.63) is 58.1 Å². The van der Waals surface area contributed by atoms with Crippen molar-refractivity contribution in [2.75, 3.05) is 38.2 Å². The molecule has 1 heterocycles. The highest BCUT2D eigenvalue weighted by atomic mass is 35.5. The van der Waals surface area contributed by atoms with Crippen molar-refractivity contribution in [1.82, 2.24) is 4.90 Å². The zero-order valence-corrected chi connectivity index (χ0v) is 17.1. The lowest BCUT2D eigenvalue weighted by molar-refractivity contribution is -0.131. The molecule has 0 aliphatic carbocycles. The molecule has 4 nitrogen and oxygen atoms in total. The lowest BCUT2D eigenvalue weighted by atomic mass is 10.1. The number of halogens is 1. The third kappa shape index (κ3) is 4.56. The van der Waals surface area contributed by atoms with E-state index in [1.54, 1.807) is 7.11 Å². The summed E-state index contributed by atoms with van der Waals surface area (Å²) in [6, 6.07) is 12.1. The van der Waals surface area contributed by atoms with Crippen LogP contribution < -0.4 is 9.64 Å². The largest absolute Gasteiger partial charge is 0.495 e. The molecular formula is C22H27ClN2O2. The fourth-order valence-electron chi connectivity index (χ4n) is 3.55. The topological polar surface area (TPSA) is 32.8 Å². The first-order valence-corrected chi connectivity index (χ1v) is 9.78. The Bertz CT molecular complexity index is 814. The highest BCUT2D eigenvalue weighted by Gasteiger charge is 2.22. The minimum atomic E-state index is 0.211. The van der Waals surface area contributed by atoms with Crippen LogP contribution in [0.4, 0.5) is 5.69 Å². The fraction of sp³-hybridized carbons (Fsp3) is 0.409. The number of benzene rings is 2. The van der Waals surface area contributed by atoms with E-state index in [0.29, 0.717) is 23.6 Å². The van der Waals surface area contributed by atoms with E-state index in [-0.39, 0.29) is 5.91 Å². The van der Waals surface area contributed by atoms with Crippen LogP contribution in [0.2, 0.25) is 5.02 Å².